The van der Waals surface area contributed by atoms with Gasteiger partial charge < -0.3 is 5.32 Å². The molecule has 2 atom stereocenters. The minimum absolute atomic E-state index is 0.695. The Morgan fingerprint density at radius 1 is 1.22 bits per heavy atom. The number of fused-ring (bicyclic) bond motifs is 1. The van der Waals surface area contributed by atoms with Crippen LogP contribution in [0.15, 0.2) is 24.3 Å². The molecule has 0 saturated heterocycles. The summed E-state index contributed by atoms with van der Waals surface area (Å²) in [6, 6.07) is 9.66. The molecule has 1 saturated carbocycles. The van der Waals surface area contributed by atoms with Crippen molar-refractivity contribution in [3.05, 3.63) is 35.4 Å². The number of rotatable bonds is 5. The number of benzene rings is 1. The van der Waals surface area contributed by atoms with Gasteiger partial charge in [0, 0.05) is 12.0 Å². The Morgan fingerprint density at radius 3 is 2.72 bits per heavy atom. The molecule has 1 N–H and O–H groups in total. The summed E-state index contributed by atoms with van der Waals surface area (Å²) >= 11 is 0. The lowest BCUT2D eigenvalue weighted by molar-refractivity contribution is 0.358. The largest absolute Gasteiger partial charge is 0.316 e. The van der Waals surface area contributed by atoms with Crippen molar-refractivity contribution in [2.75, 3.05) is 7.05 Å². The van der Waals surface area contributed by atoms with Gasteiger partial charge in [0.05, 0.1) is 0 Å². The van der Waals surface area contributed by atoms with Crippen molar-refractivity contribution in [1.82, 2.24) is 5.32 Å². The number of likely N-dealkylation sites (N-methyl/N-ethyl adjacent to an activating group) is 1. The van der Waals surface area contributed by atoms with Crippen LogP contribution in [0.2, 0.25) is 0 Å². The van der Waals surface area contributed by atoms with E-state index in [0.29, 0.717) is 6.04 Å². The van der Waals surface area contributed by atoms with Gasteiger partial charge in [-0.05, 0) is 43.4 Å². The van der Waals surface area contributed by atoms with Crippen molar-refractivity contribution in [3.63, 3.8) is 0 Å². The molecule has 2 unspecified atom stereocenters. The summed E-state index contributed by atoms with van der Waals surface area (Å²) in [5.41, 5.74) is 3.17. The number of hydrogen-bond donors (Lipinski definition) is 1. The second kappa shape index (κ2) is 5.44. The van der Waals surface area contributed by atoms with Crippen molar-refractivity contribution < 1.29 is 0 Å². The van der Waals surface area contributed by atoms with Crippen LogP contribution in [0, 0.1) is 5.92 Å². The monoisotopic (exact) mass is 243 g/mol. The minimum atomic E-state index is 0.695. The van der Waals surface area contributed by atoms with Crippen LogP contribution in [0.5, 0.6) is 0 Å². The van der Waals surface area contributed by atoms with Crippen molar-refractivity contribution in [2.24, 2.45) is 5.92 Å². The molecule has 1 heteroatoms. The fourth-order valence-electron chi connectivity index (χ4n) is 3.92. The quantitative estimate of drug-likeness (QED) is 0.827. The van der Waals surface area contributed by atoms with E-state index in [1.807, 2.05) is 0 Å². The van der Waals surface area contributed by atoms with Crippen LogP contribution in [0.4, 0.5) is 0 Å². The molecule has 2 aliphatic rings. The van der Waals surface area contributed by atoms with Gasteiger partial charge in [-0.3, -0.25) is 0 Å². The lowest BCUT2D eigenvalue weighted by Gasteiger charge is -2.37. The number of hydrogen-bond acceptors (Lipinski definition) is 1. The van der Waals surface area contributed by atoms with Gasteiger partial charge in [0.25, 0.3) is 0 Å². The van der Waals surface area contributed by atoms with E-state index in [0.717, 1.165) is 11.8 Å². The van der Waals surface area contributed by atoms with E-state index >= 15 is 0 Å². The van der Waals surface area contributed by atoms with Crippen molar-refractivity contribution in [3.8, 4) is 0 Å². The molecular formula is C17H25N. The van der Waals surface area contributed by atoms with E-state index in [2.05, 4.69) is 36.6 Å². The molecule has 1 fully saturated rings. The third-order valence-corrected chi connectivity index (χ3v) is 5.11. The highest BCUT2D eigenvalue weighted by molar-refractivity contribution is 5.41. The third-order valence-electron chi connectivity index (χ3n) is 5.11. The molecule has 0 bridgehead atoms. The fraction of sp³-hybridized carbons (Fsp3) is 0.647. The first kappa shape index (κ1) is 12.2. The minimum Gasteiger partial charge on any atom is -0.316 e. The van der Waals surface area contributed by atoms with Gasteiger partial charge in [-0.1, -0.05) is 49.9 Å². The Bertz CT molecular complexity index is 392. The SMILES string of the molecule is CNC(CCC1CCCC1)C1Cc2ccccc21. The first-order chi connectivity index (χ1) is 8.88. The van der Waals surface area contributed by atoms with Gasteiger partial charge in [0.1, 0.15) is 0 Å². The van der Waals surface area contributed by atoms with Gasteiger partial charge >= 0.3 is 0 Å². The second-order valence-corrected chi connectivity index (χ2v) is 6.13. The Kier molecular flexibility index (Phi) is 3.69. The third kappa shape index (κ3) is 2.33. The zero-order valence-electron chi connectivity index (χ0n) is 11.5. The molecule has 2 aliphatic carbocycles. The maximum atomic E-state index is 3.57. The topological polar surface area (TPSA) is 12.0 Å². The molecule has 0 spiro atoms. The highest BCUT2D eigenvalue weighted by atomic mass is 14.9. The Hall–Kier alpha value is -0.820. The first-order valence-electron chi connectivity index (χ1n) is 7.63. The highest BCUT2D eigenvalue weighted by Gasteiger charge is 2.32. The summed E-state index contributed by atoms with van der Waals surface area (Å²) in [7, 11) is 2.14. The first-order valence-corrected chi connectivity index (χ1v) is 7.63. The van der Waals surface area contributed by atoms with E-state index in [9.17, 15) is 0 Å². The van der Waals surface area contributed by atoms with E-state index in [-0.39, 0.29) is 0 Å². The molecule has 1 nitrogen and oxygen atoms in total. The van der Waals surface area contributed by atoms with Gasteiger partial charge in [-0.15, -0.1) is 0 Å². The summed E-state index contributed by atoms with van der Waals surface area (Å²) in [4.78, 5) is 0. The molecule has 1 aromatic rings. The molecule has 0 radical (unpaired) electrons. The van der Waals surface area contributed by atoms with Crippen LogP contribution < -0.4 is 5.32 Å². The van der Waals surface area contributed by atoms with Crippen LogP contribution in [-0.2, 0) is 6.42 Å². The molecule has 0 heterocycles. The fourth-order valence-corrected chi connectivity index (χ4v) is 3.92. The van der Waals surface area contributed by atoms with Crippen molar-refractivity contribution >= 4 is 0 Å². The van der Waals surface area contributed by atoms with Gasteiger partial charge in [0.15, 0.2) is 0 Å². The van der Waals surface area contributed by atoms with Crippen LogP contribution in [-0.4, -0.2) is 13.1 Å². The smallest absolute Gasteiger partial charge is 0.0136 e. The standard InChI is InChI=1S/C17H25N/c1-18-17(11-10-13-6-2-3-7-13)16-12-14-8-4-5-9-15(14)16/h4-5,8-9,13,16-18H,2-3,6-7,10-12H2,1H3. The average Bonchev–Trinajstić information content (AvgIpc) is 2.88. The maximum Gasteiger partial charge on any atom is 0.0136 e. The summed E-state index contributed by atoms with van der Waals surface area (Å²) in [6.45, 7) is 0. The zero-order valence-corrected chi connectivity index (χ0v) is 11.5. The molecule has 1 aromatic carbocycles. The van der Waals surface area contributed by atoms with Crippen LogP contribution in [0.1, 0.15) is 55.6 Å². The predicted molar refractivity (Wildman–Crippen MR) is 76.9 cm³/mol. The van der Waals surface area contributed by atoms with E-state index in [1.54, 1.807) is 11.1 Å². The Labute approximate surface area is 111 Å². The molecule has 3 rings (SSSR count). The predicted octanol–water partition coefficient (Wildman–Crippen LogP) is 3.88. The van der Waals surface area contributed by atoms with Gasteiger partial charge in [0.2, 0.25) is 0 Å². The Morgan fingerprint density at radius 2 is 2.00 bits per heavy atom. The highest BCUT2D eigenvalue weighted by Crippen LogP contribution is 2.39. The average molecular weight is 243 g/mol. The zero-order chi connectivity index (χ0) is 12.4. The van der Waals surface area contributed by atoms with E-state index < -0.39 is 0 Å². The summed E-state index contributed by atoms with van der Waals surface area (Å²) in [6.07, 6.45) is 9.99. The summed E-state index contributed by atoms with van der Waals surface area (Å²) in [5, 5.41) is 3.57. The number of nitrogens with one attached hydrogen (secondary N) is 1. The molecule has 0 amide bonds. The summed E-state index contributed by atoms with van der Waals surface area (Å²) < 4.78 is 0. The molecule has 18 heavy (non-hydrogen) atoms. The molecular weight excluding hydrogens is 218 g/mol. The lowest BCUT2D eigenvalue weighted by atomic mass is 9.72. The van der Waals surface area contributed by atoms with E-state index in [4.69, 9.17) is 0 Å². The van der Waals surface area contributed by atoms with Crippen LogP contribution in [0.3, 0.4) is 0 Å². The lowest BCUT2D eigenvalue weighted by Crippen LogP contribution is -2.38. The molecule has 98 valence electrons. The Balaban J connectivity index is 1.57. The van der Waals surface area contributed by atoms with Crippen LogP contribution >= 0.6 is 0 Å². The maximum absolute atomic E-state index is 3.57. The van der Waals surface area contributed by atoms with Crippen LogP contribution in [0.25, 0.3) is 0 Å². The van der Waals surface area contributed by atoms with E-state index in [1.165, 1.54) is 44.9 Å². The molecule has 0 aromatic heterocycles. The summed E-state index contributed by atoms with van der Waals surface area (Å²) in [5.74, 6) is 1.80. The second-order valence-electron chi connectivity index (χ2n) is 6.13. The van der Waals surface area contributed by atoms with Crippen molar-refractivity contribution in [1.29, 1.82) is 0 Å². The van der Waals surface area contributed by atoms with Gasteiger partial charge in [-0.25, -0.2) is 0 Å². The molecule has 0 aliphatic heterocycles. The normalized spacial score (nSPS) is 24.6. The van der Waals surface area contributed by atoms with Gasteiger partial charge in [-0.2, -0.15) is 0 Å². The van der Waals surface area contributed by atoms with Crippen molar-refractivity contribution in [2.45, 2.75) is 56.9 Å².